The van der Waals surface area contributed by atoms with Crippen molar-refractivity contribution >= 4 is 23.4 Å². The van der Waals surface area contributed by atoms with Crippen molar-refractivity contribution < 1.29 is 14.3 Å². The number of likely N-dealkylation sites (tertiary alicyclic amines) is 1. The number of benzene rings is 1. The van der Waals surface area contributed by atoms with Crippen LogP contribution in [0, 0.1) is 11.8 Å². The molecule has 21 heavy (non-hydrogen) atoms. The molecule has 0 unspecified atom stereocenters. The van der Waals surface area contributed by atoms with Crippen LogP contribution in [0.25, 0.3) is 0 Å². The van der Waals surface area contributed by atoms with E-state index >= 15 is 0 Å². The van der Waals surface area contributed by atoms with Crippen molar-refractivity contribution in [2.75, 3.05) is 13.2 Å². The van der Waals surface area contributed by atoms with Gasteiger partial charge < -0.3 is 4.74 Å². The molecule has 4 nitrogen and oxygen atoms in total. The Morgan fingerprint density at radius 3 is 2.19 bits per heavy atom. The van der Waals surface area contributed by atoms with Gasteiger partial charge in [0.15, 0.2) is 0 Å². The normalized spacial score (nSPS) is 24.3. The largest absolute Gasteiger partial charge is 0.492 e. The lowest BCUT2D eigenvalue weighted by atomic mass is 9.85. The number of carbonyl (C=O) groups excluding carboxylic acids is 2. The second-order valence-corrected chi connectivity index (χ2v) is 5.72. The van der Waals surface area contributed by atoms with E-state index in [-0.39, 0.29) is 23.7 Å². The van der Waals surface area contributed by atoms with Crippen molar-refractivity contribution in [1.82, 2.24) is 4.90 Å². The predicted octanol–water partition coefficient (Wildman–Crippen LogP) is 2.67. The topological polar surface area (TPSA) is 46.6 Å². The van der Waals surface area contributed by atoms with E-state index in [2.05, 4.69) is 0 Å². The first-order chi connectivity index (χ1) is 10.2. The molecule has 1 aliphatic carbocycles. The standard InChI is InChI=1S/C16H16ClNO3/c17-11-5-7-12(8-6-11)21-10-9-18-15(19)13-3-1-2-4-14(13)16(18)20/h1-2,5-8,13-14H,3-4,9-10H2/t13-,14-/m0/s1. The zero-order valence-electron chi connectivity index (χ0n) is 11.5. The van der Waals surface area contributed by atoms with Crippen LogP contribution in [-0.4, -0.2) is 29.9 Å². The Hall–Kier alpha value is -1.81. The van der Waals surface area contributed by atoms with Gasteiger partial charge in [-0.15, -0.1) is 0 Å². The molecule has 1 aromatic rings. The van der Waals surface area contributed by atoms with Gasteiger partial charge in [-0.1, -0.05) is 23.8 Å². The summed E-state index contributed by atoms with van der Waals surface area (Å²) in [4.78, 5) is 25.8. The number of allylic oxidation sites excluding steroid dienone is 2. The van der Waals surface area contributed by atoms with Gasteiger partial charge in [0.25, 0.3) is 0 Å². The molecule has 0 saturated carbocycles. The quantitative estimate of drug-likeness (QED) is 0.634. The maximum absolute atomic E-state index is 12.2. The number of fused-ring (bicyclic) bond motifs is 1. The molecule has 3 rings (SSSR count). The number of ether oxygens (including phenoxy) is 1. The van der Waals surface area contributed by atoms with Crippen LogP contribution in [0.4, 0.5) is 0 Å². The van der Waals surface area contributed by atoms with E-state index in [1.54, 1.807) is 24.3 Å². The van der Waals surface area contributed by atoms with Crippen LogP contribution < -0.4 is 4.74 Å². The lowest BCUT2D eigenvalue weighted by Crippen LogP contribution is -2.34. The molecule has 1 saturated heterocycles. The summed E-state index contributed by atoms with van der Waals surface area (Å²) in [7, 11) is 0. The third-order valence-electron chi connectivity index (χ3n) is 4.00. The highest BCUT2D eigenvalue weighted by atomic mass is 35.5. The number of carbonyl (C=O) groups is 2. The molecule has 0 N–H and O–H groups in total. The Bertz CT molecular complexity index is 556. The van der Waals surface area contributed by atoms with Gasteiger partial charge in [0.1, 0.15) is 12.4 Å². The molecule has 2 atom stereocenters. The minimum absolute atomic E-state index is 0.0611. The fraction of sp³-hybridized carbons (Fsp3) is 0.375. The lowest BCUT2D eigenvalue weighted by Gasteiger charge is -2.15. The van der Waals surface area contributed by atoms with E-state index in [1.807, 2.05) is 12.2 Å². The first-order valence-electron chi connectivity index (χ1n) is 7.05. The van der Waals surface area contributed by atoms with Gasteiger partial charge in [0, 0.05) is 5.02 Å². The summed E-state index contributed by atoms with van der Waals surface area (Å²) in [5.41, 5.74) is 0. The number of hydrogen-bond donors (Lipinski definition) is 0. The summed E-state index contributed by atoms with van der Waals surface area (Å²) in [6, 6.07) is 7.01. The minimum Gasteiger partial charge on any atom is -0.492 e. The zero-order valence-corrected chi connectivity index (χ0v) is 12.3. The molecule has 1 aromatic carbocycles. The van der Waals surface area contributed by atoms with Gasteiger partial charge in [-0.25, -0.2) is 0 Å². The van der Waals surface area contributed by atoms with E-state index < -0.39 is 0 Å². The molecule has 1 aliphatic heterocycles. The van der Waals surface area contributed by atoms with Crippen LogP contribution >= 0.6 is 11.6 Å². The lowest BCUT2D eigenvalue weighted by molar-refractivity contribution is -0.140. The van der Waals surface area contributed by atoms with Gasteiger partial charge in [0.2, 0.25) is 11.8 Å². The minimum atomic E-state index is -0.168. The first kappa shape index (κ1) is 14.1. The first-order valence-corrected chi connectivity index (χ1v) is 7.43. The zero-order chi connectivity index (χ0) is 14.8. The van der Waals surface area contributed by atoms with Gasteiger partial charge in [-0.3, -0.25) is 14.5 Å². The predicted molar refractivity (Wildman–Crippen MR) is 79.0 cm³/mol. The Labute approximate surface area is 128 Å². The van der Waals surface area contributed by atoms with Crippen LogP contribution in [0.5, 0.6) is 5.75 Å². The molecule has 5 heteroatoms. The number of hydrogen-bond acceptors (Lipinski definition) is 3. The summed E-state index contributed by atoms with van der Waals surface area (Å²) in [5, 5.41) is 0.642. The van der Waals surface area contributed by atoms with Gasteiger partial charge >= 0.3 is 0 Å². The average molecular weight is 306 g/mol. The van der Waals surface area contributed by atoms with Crippen molar-refractivity contribution in [3.05, 3.63) is 41.4 Å². The molecule has 0 aromatic heterocycles. The van der Waals surface area contributed by atoms with E-state index in [0.717, 1.165) is 0 Å². The average Bonchev–Trinajstić information content (AvgIpc) is 2.75. The maximum Gasteiger partial charge on any atom is 0.233 e. The smallest absolute Gasteiger partial charge is 0.233 e. The van der Waals surface area contributed by atoms with E-state index in [9.17, 15) is 9.59 Å². The molecular formula is C16H16ClNO3. The van der Waals surface area contributed by atoms with Crippen LogP contribution in [0.2, 0.25) is 5.02 Å². The van der Waals surface area contributed by atoms with Gasteiger partial charge in [-0.2, -0.15) is 0 Å². The van der Waals surface area contributed by atoms with E-state index in [1.165, 1.54) is 4.90 Å². The maximum atomic E-state index is 12.2. The van der Waals surface area contributed by atoms with Crippen LogP contribution in [-0.2, 0) is 9.59 Å². The van der Waals surface area contributed by atoms with Crippen molar-refractivity contribution in [1.29, 1.82) is 0 Å². The summed E-state index contributed by atoms with van der Waals surface area (Å²) in [5.74, 6) is 0.219. The van der Waals surface area contributed by atoms with Crippen molar-refractivity contribution in [3.63, 3.8) is 0 Å². The Morgan fingerprint density at radius 2 is 1.62 bits per heavy atom. The highest BCUT2D eigenvalue weighted by molar-refractivity contribution is 6.30. The number of halogens is 1. The van der Waals surface area contributed by atoms with Crippen molar-refractivity contribution in [2.24, 2.45) is 11.8 Å². The highest BCUT2D eigenvalue weighted by Gasteiger charge is 2.46. The van der Waals surface area contributed by atoms with E-state index in [0.29, 0.717) is 36.8 Å². The monoisotopic (exact) mass is 305 g/mol. The second-order valence-electron chi connectivity index (χ2n) is 5.29. The molecule has 0 bridgehead atoms. The van der Waals surface area contributed by atoms with Crippen molar-refractivity contribution in [3.8, 4) is 5.75 Å². The van der Waals surface area contributed by atoms with Crippen LogP contribution in [0.15, 0.2) is 36.4 Å². The third kappa shape index (κ3) is 2.81. The number of imide groups is 1. The fourth-order valence-corrected chi connectivity index (χ4v) is 3.00. The summed E-state index contributed by atoms with van der Waals surface area (Å²) in [6.07, 6.45) is 5.31. The van der Waals surface area contributed by atoms with Crippen LogP contribution in [0.3, 0.4) is 0 Å². The molecule has 0 spiro atoms. The molecular weight excluding hydrogens is 290 g/mol. The third-order valence-corrected chi connectivity index (χ3v) is 4.25. The van der Waals surface area contributed by atoms with E-state index in [4.69, 9.17) is 16.3 Å². The molecule has 0 radical (unpaired) electrons. The molecule has 2 amide bonds. The number of amides is 2. The highest BCUT2D eigenvalue weighted by Crippen LogP contribution is 2.34. The summed E-state index contributed by atoms with van der Waals surface area (Å²) < 4.78 is 5.55. The Kier molecular flexibility index (Phi) is 3.97. The Balaban J connectivity index is 1.57. The SMILES string of the molecule is O=C1[C@H]2CC=CC[C@@H]2C(=O)N1CCOc1ccc(Cl)cc1. The summed E-state index contributed by atoms with van der Waals surface area (Å²) in [6.45, 7) is 0.597. The van der Waals surface area contributed by atoms with Gasteiger partial charge in [-0.05, 0) is 37.1 Å². The second kappa shape index (κ2) is 5.90. The molecule has 110 valence electrons. The van der Waals surface area contributed by atoms with Crippen LogP contribution in [0.1, 0.15) is 12.8 Å². The molecule has 1 fully saturated rings. The number of rotatable bonds is 4. The number of nitrogens with zero attached hydrogens (tertiary/aromatic N) is 1. The Morgan fingerprint density at radius 1 is 1.05 bits per heavy atom. The molecule has 1 heterocycles. The molecule has 2 aliphatic rings. The fourth-order valence-electron chi connectivity index (χ4n) is 2.87. The van der Waals surface area contributed by atoms with Gasteiger partial charge in [0.05, 0.1) is 18.4 Å². The van der Waals surface area contributed by atoms with Crippen molar-refractivity contribution in [2.45, 2.75) is 12.8 Å². The summed E-state index contributed by atoms with van der Waals surface area (Å²) >= 11 is 5.80.